The maximum absolute atomic E-state index is 12.9. The van der Waals surface area contributed by atoms with Crippen molar-refractivity contribution < 1.29 is 19.5 Å². The number of amides is 2. The van der Waals surface area contributed by atoms with Crippen molar-refractivity contribution in [3.8, 4) is 0 Å². The Morgan fingerprint density at radius 1 is 1.30 bits per heavy atom. The van der Waals surface area contributed by atoms with Gasteiger partial charge in [0, 0.05) is 13.1 Å². The molecule has 1 heterocycles. The topological polar surface area (TPSA) is 177 Å². The lowest BCUT2D eigenvalue weighted by Gasteiger charge is -2.29. The molecule has 0 aromatic rings. The van der Waals surface area contributed by atoms with Crippen LogP contribution < -0.4 is 22.5 Å². The number of rotatable bonds is 10. The molecule has 8 N–H and O–H groups in total. The summed E-state index contributed by atoms with van der Waals surface area (Å²) >= 11 is 0. The number of hydrogen-bond donors (Lipinski definition) is 5. The fourth-order valence-electron chi connectivity index (χ4n) is 3.11. The number of hydrogen-bond acceptors (Lipinski definition) is 5. The number of nitrogens with zero attached hydrogens (tertiary/aromatic N) is 2. The van der Waals surface area contributed by atoms with Gasteiger partial charge >= 0.3 is 5.97 Å². The summed E-state index contributed by atoms with van der Waals surface area (Å²) in [6.45, 7) is 4.61. The van der Waals surface area contributed by atoms with Crippen LogP contribution in [0.4, 0.5) is 0 Å². The standard InChI is InChI=1S/C17H32N6O4/c1-10(2)9-12(15(25)23-8-4-6-13(23)16(26)27)22-14(24)11(18)5-3-7-21-17(19)20/h10-13H,3-9,18H2,1-2H3,(H,22,24)(H,26,27)(H4,19,20,21)/t11-,12-,13+/m0/s1. The fraction of sp³-hybridized carbons (Fsp3) is 0.765. The van der Waals surface area contributed by atoms with Gasteiger partial charge in [0.05, 0.1) is 6.04 Å². The second kappa shape index (κ2) is 10.7. The molecular formula is C17H32N6O4. The second-order valence-electron chi connectivity index (χ2n) is 7.27. The fourth-order valence-corrected chi connectivity index (χ4v) is 3.11. The van der Waals surface area contributed by atoms with Gasteiger partial charge in [-0.2, -0.15) is 0 Å². The first-order valence-corrected chi connectivity index (χ1v) is 9.28. The van der Waals surface area contributed by atoms with Gasteiger partial charge in [0.15, 0.2) is 5.96 Å². The normalized spacial score (nSPS) is 18.8. The van der Waals surface area contributed by atoms with Crippen LogP contribution in [0.5, 0.6) is 0 Å². The molecule has 1 saturated heterocycles. The van der Waals surface area contributed by atoms with E-state index in [9.17, 15) is 19.5 Å². The van der Waals surface area contributed by atoms with E-state index >= 15 is 0 Å². The molecule has 0 radical (unpaired) electrons. The Balaban J connectivity index is 2.70. The van der Waals surface area contributed by atoms with Crippen LogP contribution in [-0.4, -0.2) is 65.0 Å². The van der Waals surface area contributed by atoms with Crippen LogP contribution in [-0.2, 0) is 14.4 Å². The van der Waals surface area contributed by atoms with Crippen molar-refractivity contribution in [3.05, 3.63) is 0 Å². The number of carbonyl (C=O) groups excluding carboxylic acids is 2. The van der Waals surface area contributed by atoms with Crippen molar-refractivity contribution in [3.63, 3.8) is 0 Å². The van der Waals surface area contributed by atoms with Crippen molar-refractivity contribution in [2.75, 3.05) is 13.1 Å². The Morgan fingerprint density at radius 2 is 1.96 bits per heavy atom. The molecule has 0 saturated carbocycles. The molecule has 0 bridgehead atoms. The molecule has 3 atom stereocenters. The van der Waals surface area contributed by atoms with E-state index < -0.39 is 30.0 Å². The zero-order chi connectivity index (χ0) is 20.6. The van der Waals surface area contributed by atoms with Gasteiger partial charge in [-0.1, -0.05) is 13.8 Å². The highest BCUT2D eigenvalue weighted by Crippen LogP contribution is 2.20. The molecular weight excluding hydrogens is 352 g/mol. The monoisotopic (exact) mass is 384 g/mol. The lowest BCUT2D eigenvalue weighted by molar-refractivity contribution is -0.149. The van der Waals surface area contributed by atoms with E-state index in [1.165, 1.54) is 4.90 Å². The molecule has 0 unspecified atom stereocenters. The van der Waals surface area contributed by atoms with Gasteiger partial charge in [0.1, 0.15) is 12.1 Å². The Labute approximate surface area is 159 Å². The summed E-state index contributed by atoms with van der Waals surface area (Å²) in [4.78, 5) is 41.8. The quantitative estimate of drug-likeness (QED) is 0.182. The molecule has 10 heteroatoms. The SMILES string of the molecule is CC(C)C[C@H](NC(=O)[C@@H](N)CCCN=C(N)N)C(=O)N1CCC[C@@H]1C(=O)O. The van der Waals surface area contributed by atoms with E-state index in [4.69, 9.17) is 17.2 Å². The van der Waals surface area contributed by atoms with E-state index in [1.807, 2.05) is 13.8 Å². The van der Waals surface area contributed by atoms with E-state index in [-0.39, 0.29) is 17.8 Å². The molecule has 154 valence electrons. The number of likely N-dealkylation sites (tertiary alicyclic amines) is 1. The van der Waals surface area contributed by atoms with E-state index in [0.29, 0.717) is 45.2 Å². The Bertz CT molecular complexity index is 562. The lowest BCUT2D eigenvalue weighted by atomic mass is 10.0. The van der Waals surface area contributed by atoms with Gasteiger partial charge in [-0.15, -0.1) is 0 Å². The Kier molecular flexibility index (Phi) is 8.99. The van der Waals surface area contributed by atoms with E-state index in [2.05, 4.69) is 10.3 Å². The van der Waals surface area contributed by atoms with Crippen molar-refractivity contribution in [2.45, 2.75) is 64.1 Å². The van der Waals surface area contributed by atoms with Gasteiger partial charge in [-0.05, 0) is 38.0 Å². The Morgan fingerprint density at radius 3 is 2.52 bits per heavy atom. The summed E-state index contributed by atoms with van der Waals surface area (Å²) in [5.74, 6) is -1.70. The summed E-state index contributed by atoms with van der Waals surface area (Å²) in [5, 5.41) is 12.0. The molecule has 0 spiro atoms. The number of carboxylic acids is 1. The van der Waals surface area contributed by atoms with Crippen molar-refractivity contribution in [2.24, 2.45) is 28.1 Å². The van der Waals surface area contributed by atoms with Gasteiger partial charge < -0.3 is 32.5 Å². The zero-order valence-electron chi connectivity index (χ0n) is 16.1. The summed E-state index contributed by atoms with van der Waals surface area (Å²) in [7, 11) is 0. The number of nitrogens with one attached hydrogen (secondary N) is 1. The second-order valence-corrected chi connectivity index (χ2v) is 7.27. The van der Waals surface area contributed by atoms with E-state index in [1.54, 1.807) is 0 Å². The van der Waals surface area contributed by atoms with Crippen LogP contribution in [0.3, 0.4) is 0 Å². The number of guanidine groups is 1. The summed E-state index contributed by atoms with van der Waals surface area (Å²) in [6.07, 6.45) is 2.37. The van der Waals surface area contributed by atoms with Crippen LogP contribution in [0.25, 0.3) is 0 Å². The average molecular weight is 384 g/mol. The first-order valence-electron chi connectivity index (χ1n) is 9.28. The molecule has 1 aliphatic heterocycles. The minimum absolute atomic E-state index is 0.0192. The number of nitrogens with two attached hydrogens (primary N) is 3. The number of carbonyl (C=O) groups is 3. The molecule has 0 aromatic carbocycles. The van der Waals surface area contributed by atoms with Crippen molar-refractivity contribution in [1.29, 1.82) is 0 Å². The zero-order valence-corrected chi connectivity index (χ0v) is 16.1. The van der Waals surface area contributed by atoms with Gasteiger partial charge in [-0.3, -0.25) is 14.6 Å². The van der Waals surface area contributed by atoms with Gasteiger partial charge in [0.25, 0.3) is 0 Å². The summed E-state index contributed by atoms with van der Waals surface area (Å²) in [6, 6.07) is -2.42. The molecule has 0 aliphatic carbocycles. The molecule has 1 rings (SSSR count). The highest BCUT2D eigenvalue weighted by molar-refractivity contribution is 5.92. The third-order valence-corrected chi connectivity index (χ3v) is 4.45. The van der Waals surface area contributed by atoms with Crippen LogP contribution in [0.15, 0.2) is 4.99 Å². The van der Waals surface area contributed by atoms with E-state index in [0.717, 1.165) is 0 Å². The molecule has 1 fully saturated rings. The maximum atomic E-state index is 12.9. The summed E-state index contributed by atoms with van der Waals surface area (Å²) in [5.41, 5.74) is 16.4. The van der Waals surface area contributed by atoms with Crippen molar-refractivity contribution >= 4 is 23.7 Å². The summed E-state index contributed by atoms with van der Waals surface area (Å²) < 4.78 is 0. The van der Waals surface area contributed by atoms with Gasteiger partial charge in [-0.25, -0.2) is 4.79 Å². The first kappa shape index (κ1) is 22.7. The third kappa shape index (κ3) is 7.41. The largest absolute Gasteiger partial charge is 0.480 e. The predicted octanol–water partition coefficient (Wildman–Crippen LogP) is -1.03. The predicted molar refractivity (Wildman–Crippen MR) is 102 cm³/mol. The maximum Gasteiger partial charge on any atom is 0.326 e. The van der Waals surface area contributed by atoms with Gasteiger partial charge in [0.2, 0.25) is 11.8 Å². The Hall–Kier alpha value is -2.36. The molecule has 10 nitrogen and oxygen atoms in total. The average Bonchev–Trinajstić information content (AvgIpc) is 3.06. The minimum atomic E-state index is -1.02. The van der Waals surface area contributed by atoms with Crippen LogP contribution >= 0.6 is 0 Å². The van der Waals surface area contributed by atoms with Crippen LogP contribution in [0.1, 0.15) is 46.0 Å². The number of carboxylic acid groups (broad SMARTS) is 1. The van der Waals surface area contributed by atoms with Crippen LogP contribution in [0.2, 0.25) is 0 Å². The molecule has 2 amide bonds. The number of aliphatic imine (C=N–C) groups is 1. The third-order valence-electron chi connectivity index (χ3n) is 4.45. The van der Waals surface area contributed by atoms with Crippen molar-refractivity contribution in [1.82, 2.24) is 10.2 Å². The lowest BCUT2D eigenvalue weighted by Crippen LogP contribution is -2.54. The highest BCUT2D eigenvalue weighted by atomic mass is 16.4. The highest BCUT2D eigenvalue weighted by Gasteiger charge is 2.38. The molecule has 27 heavy (non-hydrogen) atoms. The molecule has 0 aromatic heterocycles. The number of aliphatic carboxylic acids is 1. The molecule has 1 aliphatic rings. The van der Waals surface area contributed by atoms with Crippen LogP contribution in [0, 0.1) is 5.92 Å². The first-order chi connectivity index (χ1) is 12.6. The minimum Gasteiger partial charge on any atom is -0.480 e. The smallest absolute Gasteiger partial charge is 0.326 e.